The summed E-state index contributed by atoms with van der Waals surface area (Å²) in [4.78, 5) is 40.0. The zero-order chi connectivity index (χ0) is 23.4. The van der Waals surface area contributed by atoms with Gasteiger partial charge in [-0.1, -0.05) is 41.7 Å². The highest BCUT2D eigenvalue weighted by atomic mass is 32.1. The largest absolute Gasteiger partial charge is 0.387 e. The third-order valence-electron chi connectivity index (χ3n) is 4.66. The number of carbonyl (C=O) groups is 3. The monoisotopic (exact) mass is 461 g/mol. The van der Waals surface area contributed by atoms with Gasteiger partial charge in [0.25, 0.3) is 11.8 Å². The van der Waals surface area contributed by atoms with Gasteiger partial charge in [-0.3, -0.25) is 14.4 Å². The second-order valence-electron chi connectivity index (χ2n) is 6.99. The molecule has 3 aromatic carbocycles. The van der Waals surface area contributed by atoms with Crippen molar-refractivity contribution in [1.29, 1.82) is 0 Å². The summed E-state index contributed by atoms with van der Waals surface area (Å²) in [5.74, 6) is -1.80. The lowest BCUT2D eigenvalue weighted by molar-refractivity contribution is -0.118. The summed E-state index contributed by atoms with van der Waals surface area (Å²) in [6, 6.07) is 19.8. The number of hydrogen-bond acceptors (Lipinski definition) is 7. The minimum atomic E-state index is -0.768. The Morgan fingerprint density at radius 1 is 0.909 bits per heavy atom. The molecule has 6 N–H and O–H groups in total. The Morgan fingerprint density at radius 3 is 2.30 bits per heavy atom. The average Bonchev–Trinajstić information content (AvgIpc) is 3.21. The van der Waals surface area contributed by atoms with Crippen molar-refractivity contribution in [3.63, 3.8) is 0 Å². The van der Waals surface area contributed by atoms with E-state index >= 15 is 0 Å². The van der Waals surface area contributed by atoms with E-state index in [-0.39, 0.29) is 10.7 Å². The van der Waals surface area contributed by atoms with Crippen molar-refractivity contribution in [2.45, 2.75) is 0 Å². The van der Waals surface area contributed by atoms with Crippen molar-refractivity contribution in [3.8, 4) is 0 Å². The molecule has 0 aliphatic carbocycles. The fourth-order valence-corrected chi connectivity index (χ4v) is 3.98. The van der Waals surface area contributed by atoms with Crippen molar-refractivity contribution in [1.82, 2.24) is 4.98 Å². The van der Waals surface area contributed by atoms with Gasteiger partial charge in [0.15, 0.2) is 10.8 Å². The minimum Gasteiger partial charge on any atom is -0.387 e. The molecule has 0 spiro atoms. The van der Waals surface area contributed by atoms with E-state index in [0.717, 1.165) is 27.8 Å². The van der Waals surface area contributed by atoms with Crippen LogP contribution in [0.3, 0.4) is 0 Å². The molecule has 0 radical (unpaired) electrons. The van der Waals surface area contributed by atoms with Crippen LogP contribution in [-0.4, -0.2) is 34.4 Å². The van der Waals surface area contributed by atoms with Gasteiger partial charge in [-0.25, -0.2) is 4.98 Å². The second kappa shape index (κ2) is 9.47. The van der Waals surface area contributed by atoms with E-state index in [4.69, 9.17) is 10.8 Å². The molecule has 0 atom stereocenters. The van der Waals surface area contributed by atoms with Gasteiger partial charge >= 0.3 is 0 Å². The number of thiazole rings is 1. The van der Waals surface area contributed by atoms with Gasteiger partial charge in [-0.05, 0) is 47.2 Å². The summed E-state index contributed by atoms with van der Waals surface area (Å²) in [5, 5.41) is 19.8. The lowest BCUT2D eigenvalue weighted by Gasteiger charge is -2.06. The summed E-state index contributed by atoms with van der Waals surface area (Å²) >= 11 is 1.09. The molecule has 0 aliphatic rings. The quantitative estimate of drug-likeness (QED) is 0.285. The van der Waals surface area contributed by atoms with Crippen molar-refractivity contribution in [2.75, 3.05) is 22.6 Å². The van der Waals surface area contributed by atoms with Gasteiger partial charge in [-0.15, -0.1) is 0 Å². The van der Waals surface area contributed by atoms with Crippen molar-refractivity contribution in [2.24, 2.45) is 5.73 Å². The molecule has 0 saturated carbocycles. The minimum absolute atomic E-state index is 0.0523. The van der Waals surface area contributed by atoms with Crippen LogP contribution in [0.2, 0.25) is 0 Å². The number of nitrogens with zero attached hydrogens (tertiary/aromatic N) is 1. The first kappa shape index (κ1) is 21.9. The maximum absolute atomic E-state index is 12.7. The first-order chi connectivity index (χ1) is 15.9. The first-order valence-electron chi connectivity index (χ1n) is 9.81. The van der Waals surface area contributed by atoms with E-state index in [0.29, 0.717) is 16.4 Å². The second-order valence-corrected chi connectivity index (χ2v) is 7.98. The Labute approximate surface area is 192 Å². The van der Waals surface area contributed by atoms with Crippen LogP contribution < -0.4 is 21.7 Å². The number of nitrogens with one attached hydrogen (secondary N) is 3. The van der Waals surface area contributed by atoms with E-state index in [1.807, 2.05) is 42.5 Å². The smallest absolute Gasteiger partial charge is 0.270 e. The molecule has 1 heterocycles. The molecule has 0 fully saturated rings. The Hall–Kier alpha value is -4.28. The summed E-state index contributed by atoms with van der Waals surface area (Å²) in [6.07, 6.45) is 0. The highest BCUT2D eigenvalue weighted by molar-refractivity contribution is 7.20. The van der Waals surface area contributed by atoms with Crippen molar-refractivity contribution < 1.29 is 19.5 Å². The van der Waals surface area contributed by atoms with E-state index in [1.165, 1.54) is 24.3 Å². The predicted molar refractivity (Wildman–Crippen MR) is 128 cm³/mol. The molecule has 0 bridgehead atoms. The highest BCUT2D eigenvalue weighted by Crippen LogP contribution is 2.32. The van der Waals surface area contributed by atoms with E-state index in [1.54, 1.807) is 0 Å². The highest BCUT2D eigenvalue weighted by Gasteiger charge is 2.19. The molecular formula is C23H19N5O4S. The van der Waals surface area contributed by atoms with Crippen LogP contribution in [0.15, 0.2) is 66.7 Å². The SMILES string of the molecule is NC(=O)c1nc(Nc2ccc3ccccc3c2)sc1NC(=O)c1ccc(NC(=O)CO)cc1. The Bertz CT molecular complexity index is 1350. The number of primary amides is 1. The van der Waals surface area contributed by atoms with E-state index < -0.39 is 24.3 Å². The van der Waals surface area contributed by atoms with Crippen LogP contribution in [0.5, 0.6) is 0 Å². The number of nitrogens with two attached hydrogens (primary N) is 1. The molecule has 0 aliphatic heterocycles. The summed E-state index contributed by atoms with van der Waals surface area (Å²) < 4.78 is 0. The molecule has 1 aromatic heterocycles. The lowest BCUT2D eigenvalue weighted by atomic mass is 10.1. The molecule has 4 aromatic rings. The summed E-state index contributed by atoms with van der Waals surface area (Å²) in [7, 11) is 0. The van der Waals surface area contributed by atoms with Crippen LogP contribution in [0, 0.1) is 0 Å². The topological polar surface area (TPSA) is 146 Å². The zero-order valence-electron chi connectivity index (χ0n) is 17.2. The molecule has 9 nitrogen and oxygen atoms in total. The molecule has 166 valence electrons. The van der Waals surface area contributed by atoms with Gasteiger partial charge in [0.1, 0.15) is 11.6 Å². The van der Waals surface area contributed by atoms with Crippen LogP contribution in [0.4, 0.5) is 21.5 Å². The zero-order valence-corrected chi connectivity index (χ0v) is 18.0. The standard InChI is InChI=1S/C23H19N5O4S/c24-20(31)19-22(28-21(32)14-6-8-16(9-7-14)25-18(30)12-29)33-23(27-19)26-17-10-5-13-3-1-2-4-15(13)11-17/h1-11,29H,12H2,(H2,24,31)(H,25,30)(H,26,27)(H,28,32). The summed E-state index contributed by atoms with van der Waals surface area (Å²) in [5.41, 5.74) is 6.91. The normalized spacial score (nSPS) is 10.6. The molecule has 10 heteroatoms. The number of rotatable bonds is 7. The maximum Gasteiger partial charge on any atom is 0.270 e. The fourth-order valence-electron chi connectivity index (χ4n) is 3.10. The molecular weight excluding hydrogens is 442 g/mol. The van der Waals surface area contributed by atoms with Gasteiger partial charge in [0.2, 0.25) is 5.91 Å². The maximum atomic E-state index is 12.7. The van der Waals surface area contributed by atoms with Gasteiger partial charge in [0.05, 0.1) is 0 Å². The van der Waals surface area contributed by atoms with Gasteiger partial charge in [-0.2, -0.15) is 0 Å². The molecule has 0 saturated heterocycles. The third-order valence-corrected chi connectivity index (χ3v) is 5.55. The van der Waals surface area contributed by atoms with Crippen molar-refractivity contribution in [3.05, 3.63) is 78.0 Å². The third kappa shape index (κ3) is 5.14. The number of hydrogen-bond donors (Lipinski definition) is 5. The van der Waals surface area contributed by atoms with Gasteiger partial charge < -0.3 is 26.8 Å². The first-order valence-corrected chi connectivity index (χ1v) is 10.6. The number of aliphatic hydroxyl groups is 1. The number of amides is 3. The number of carbonyl (C=O) groups excluding carboxylic acids is 3. The Morgan fingerprint density at radius 2 is 1.61 bits per heavy atom. The lowest BCUT2D eigenvalue weighted by Crippen LogP contribution is -2.18. The molecule has 3 amide bonds. The predicted octanol–water partition coefficient (Wildman–Crippen LogP) is 3.32. The number of fused-ring (bicyclic) bond motifs is 1. The Kier molecular flexibility index (Phi) is 6.29. The van der Waals surface area contributed by atoms with E-state index in [2.05, 4.69) is 20.9 Å². The van der Waals surface area contributed by atoms with Crippen LogP contribution in [-0.2, 0) is 4.79 Å². The number of benzene rings is 3. The van der Waals surface area contributed by atoms with Gasteiger partial charge in [0, 0.05) is 16.9 Å². The average molecular weight is 462 g/mol. The molecule has 0 unspecified atom stereocenters. The molecule has 4 rings (SSSR count). The number of aromatic nitrogens is 1. The fraction of sp³-hybridized carbons (Fsp3) is 0.0435. The van der Waals surface area contributed by atoms with Crippen LogP contribution in [0.25, 0.3) is 10.8 Å². The number of anilines is 4. The summed E-state index contributed by atoms with van der Waals surface area (Å²) in [6.45, 7) is -0.640. The van der Waals surface area contributed by atoms with Crippen LogP contribution in [0.1, 0.15) is 20.8 Å². The number of aliphatic hydroxyl groups excluding tert-OH is 1. The Balaban J connectivity index is 1.52. The molecule has 33 heavy (non-hydrogen) atoms. The van der Waals surface area contributed by atoms with E-state index in [9.17, 15) is 14.4 Å². The van der Waals surface area contributed by atoms with Crippen LogP contribution >= 0.6 is 11.3 Å². The van der Waals surface area contributed by atoms with Crippen molar-refractivity contribution >= 4 is 61.3 Å².